The first-order valence-electron chi connectivity index (χ1n) is 10.4. The third-order valence-corrected chi connectivity index (χ3v) is 5.54. The molecule has 168 valence electrons. The summed E-state index contributed by atoms with van der Waals surface area (Å²) in [5.41, 5.74) is 6.68. The Morgan fingerprint density at radius 3 is 2.06 bits per heavy atom. The molecule has 0 spiro atoms. The van der Waals surface area contributed by atoms with Gasteiger partial charge in [0, 0.05) is 18.1 Å². The van der Waals surface area contributed by atoms with Crippen LogP contribution in [0.1, 0.15) is 49.7 Å². The third kappa shape index (κ3) is 5.45. The van der Waals surface area contributed by atoms with Crippen LogP contribution in [0.2, 0.25) is 0 Å². The summed E-state index contributed by atoms with van der Waals surface area (Å²) in [6, 6.07) is 13.1. The van der Waals surface area contributed by atoms with Gasteiger partial charge in [0.1, 0.15) is 0 Å². The molecule has 1 fully saturated rings. The molecule has 1 aromatic heterocycles. The summed E-state index contributed by atoms with van der Waals surface area (Å²) in [4.78, 5) is 22.7. The molecule has 0 radical (unpaired) electrons. The Labute approximate surface area is 188 Å². The van der Waals surface area contributed by atoms with E-state index >= 15 is 0 Å². The second-order valence-electron chi connectivity index (χ2n) is 7.66. The van der Waals surface area contributed by atoms with Crippen molar-refractivity contribution in [1.29, 1.82) is 0 Å². The maximum atomic E-state index is 11.4. The Balaban J connectivity index is 0.000000181. The molecular weight excluding hydrogens is 408 g/mol. The van der Waals surface area contributed by atoms with Crippen molar-refractivity contribution >= 4 is 11.9 Å². The Morgan fingerprint density at radius 2 is 1.56 bits per heavy atom. The second kappa shape index (κ2) is 10.8. The van der Waals surface area contributed by atoms with Gasteiger partial charge in [-0.3, -0.25) is 0 Å². The molecule has 0 N–H and O–H groups in total. The lowest BCUT2D eigenvalue weighted by Gasteiger charge is -2.12. The summed E-state index contributed by atoms with van der Waals surface area (Å²) in [7, 11) is 2.78. The third-order valence-electron chi connectivity index (χ3n) is 5.54. The minimum atomic E-state index is -0.318. The molecule has 1 aliphatic rings. The van der Waals surface area contributed by atoms with E-state index in [1.165, 1.54) is 19.8 Å². The number of benzene rings is 2. The second-order valence-corrected chi connectivity index (χ2v) is 7.66. The van der Waals surface area contributed by atoms with Gasteiger partial charge in [0.05, 0.1) is 44.5 Å². The number of ether oxygens (including phenoxy) is 3. The maximum Gasteiger partial charge on any atom is 0.337 e. The maximum absolute atomic E-state index is 11.4. The van der Waals surface area contributed by atoms with E-state index < -0.39 is 0 Å². The number of methoxy groups -OCH3 is 2. The fraction of sp³-hybridized carbons (Fsp3) is 0.308. The summed E-state index contributed by atoms with van der Waals surface area (Å²) >= 11 is 0. The summed E-state index contributed by atoms with van der Waals surface area (Å²) in [6.07, 6.45) is 4.38. The van der Waals surface area contributed by atoms with Crippen LogP contribution < -0.4 is 0 Å². The van der Waals surface area contributed by atoms with Gasteiger partial charge in [-0.05, 0) is 72.9 Å². The highest BCUT2D eigenvalue weighted by Crippen LogP contribution is 2.28. The lowest BCUT2D eigenvalue weighted by atomic mass is 9.93. The lowest BCUT2D eigenvalue weighted by Crippen LogP contribution is -2.05. The average molecular weight is 437 g/mol. The van der Waals surface area contributed by atoms with E-state index in [2.05, 4.69) is 4.74 Å². The standard InChI is InChI=1S/C13H16O3.C13H12O3/c2*1-9-7-10(13(14)15-2)3-4-12(9)11-5-6-16-8-11/h3-4,7,11H,5-6,8H2,1-2H3;3-8H,1-2H3. The summed E-state index contributed by atoms with van der Waals surface area (Å²) < 4.78 is 19.8. The Bertz CT molecular complexity index is 1060. The molecule has 0 amide bonds. The molecule has 1 aliphatic heterocycles. The van der Waals surface area contributed by atoms with Crippen LogP contribution in [0, 0.1) is 13.8 Å². The van der Waals surface area contributed by atoms with Gasteiger partial charge in [0.2, 0.25) is 0 Å². The van der Waals surface area contributed by atoms with Crippen molar-refractivity contribution in [3.8, 4) is 11.1 Å². The van der Waals surface area contributed by atoms with E-state index in [-0.39, 0.29) is 11.9 Å². The monoisotopic (exact) mass is 436 g/mol. The number of hydrogen-bond acceptors (Lipinski definition) is 6. The van der Waals surface area contributed by atoms with E-state index in [0.29, 0.717) is 17.0 Å². The molecule has 2 aromatic carbocycles. The van der Waals surface area contributed by atoms with Gasteiger partial charge < -0.3 is 18.6 Å². The van der Waals surface area contributed by atoms with Crippen LogP contribution in [-0.2, 0) is 14.2 Å². The highest BCUT2D eigenvalue weighted by molar-refractivity contribution is 5.90. The number of rotatable bonds is 4. The highest BCUT2D eigenvalue weighted by atomic mass is 16.5. The molecule has 4 rings (SSSR count). The zero-order valence-electron chi connectivity index (χ0n) is 18.8. The topological polar surface area (TPSA) is 75.0 Å². The van der Waals surface area contributed by atoms with Crippen LogP contribution in [-0.4, -0.2) is 39.4 Å². The molecule has 0 bridgehead atoms. The summed E-state index contributed by atoms with van der Waals surface area (Å²) in [6.45, 7) is 5.61. The zero-order valence-corrected chi connectivity index (χ0v) is 18.8. The van der Waals surface area contributed by atoms with E-state index in [1.54, 1.807) is 18.6 Å². The van der Waals surface area contributed by atoms with Crippen molar-refractivity contribution in [2.75, 3.05) is 27.4 Å². The average Bonchev–Trinajstić information content (AvgIpc) is 3.53. The normalized spacial score (nSPS) is 14.9. The first-order chi connectivity index (χ1) is 15.4. The lowest BCUT2D eigenvalue weighted by molar-refractivity contribution is 0.0591. The van der Waals surface area contributed by atoms with Crippen molar-refractivity contribution in [1.82, 2.24) is 0 Å². The predicted octanol–water partition coefficient (Wildman–Crippen LogP) is 5.33. The number of furan rings is 1. The molecular formula is C26H28O6. The Kier molecular flexibility index (Phi) is 7.84. The van der Waals surface area contributed by atoms with Crippen molar-refractivity contribution < 1.29 is 28.2 Å². The number of aryl methyl sites for hydroxylation is 2. The first-order valence-corrected chi connectivity index (χ1v) is 10.4. The highest BCUT2D eigenvalue weighted by Gasteiger charge is 2.20. The van der Waals surface area contributed by atoms with Gasteiger partial charge in [-0.2, -0.15) is 0 Å². The van der Waals surface area contributed by atoms with E-state index in [1.807, 2.05) is 50.2 Å². The van der Waals surface area contributed by atoms with Crippen molar-refractivity contribution in [2.45, 2.75) is 26.2 Å². The Hall–Kier alpha value is -3.38. The van der Waals surface area contributed by atoms with Gasteiger partial charge in [-0.1, -0.05) is 12.1 Å². The van der Waals surface area contributed by atoms with E-state index in [0.717, 1.165) is 41.9 Å². The number of carbonyl (C=O) groups is 2. The van der Waals surface area contributed by atoms with E-state index in [9.17, 15) is 9.59 Å². The molecule has 6 nitrogen and oxygen atoms in total. The van der Waals surface area contributed by atoms with Crippen molar-refractivity contribution in [3.05, 3.63) is 82.8 Å². The van der Waals surface area contributed by atoms with Crippen molar-refractivity contribution in [2.24, 2.45) is 0 Å². The summed E-state index contributed by atoms with van der Waals surface area (Å²) in [5.74, 6) is -0.120. The van der Waals surface area contributed by atoms with Gasteiger partial charge in [-0.15, -0.1) is 0 Å². The number of esters is 2. The molecule has 6 heteroatoms. The minimum Gasteiger partial charge on any atom is -0.472 e. The van der Waals surface area contributed by atoms with Crippen LogP contribution in [0.3, 0.4) is 0 Å². The SMILES string of the molecule is COC(=O)c1ccc(-c2ccoc2)c(C)c1.COC(=O)c1ccc(C2CCOC2)c(C)c1. The van der Waals surface area contributed by atoms with Crippen LogP contribution in [0.15, 0.2) is 59.4 Å². The Morgan fingerprint density at radius 1 is 0.906 bits per heavy atom. The van der Waals surface area contributed by atoms with Gasteiger partial charge >= 0.3 is 11.9 Å². The molecule has 3 aromatic rings. The quantitative estimate of drug-likeness (QED) is 0.515. The van der Waals surface area contributed by atoms with E-state index in [4.69, 9.17) is 13.9 Å². The van der Waals surface area contributed by atoms with Crippen LogP contribution in [0.5, 0.6) is 0 Å². The molecule has 1 saturated heterocycles. The molecule has 0 aliphatic carbocycles. The molecule has 32 heavy (non-hydrogen) atoms. The predicted molar refractivity (Wildman–Crippen MR) is 121 cm³/mol. The van der Waals surface area contributed by atoms with Gasteiger partial charge in [0.15, 0.2) is 0 Å². The van der Waals surface area contributed by atoms with Crippen LogP contribution in [0.25, 0.3) is 11.1 Å². The molecule has 0 saturated carbocycles. The number of carbonyl (C=O) groups excluding carboxylic acids is 2. The van der Waals surface area contributed by atoms with Gasteiger partial charge in [-0.25, -0.2) is 9.59 Å². The van der Waals surface area contributed by atoms with Crippen LogP contribution >= 0.6 is 0 Å². The zero-order chi connectivity index (χ0) is 23.1. The largest absolute Gasteiger partial charge is 0.472 e. The fourth-order valence-corrected chi connectivity index (χ4v) is 3.81. The minimum absolute atomic E-state index is 0.280. The summed E-state index contributed by atoms with van der Waals surface area (Å²) in [5, 5.41) is 0. The van der Waals surface area contributed by atoms with Gasteiger partial charge in [0.25, 0.3) is 0 Å². The molecule has 1 unspecified atom stereocenters. The fourth-order valence-electron chi connectivity index (χ4n) is 3.81. The van der Waals surface area contributed by atoms with Crippen LogP contribution in [0.4, 0.5) is 0 Å². The smallest absolute Gasteiger partial charge is 0.337 e. The molecule has 1 atom stereocenters. The molecule has 2 heterocycles. The first kappa shape index (κ1) is 23.3. The number of hydrogen-bond donors (Lipinski definition) is 0. The van der Waals surface area contributed by atoms with Crippen molar-refractivity contribution in [3.63, 3.8) is 0 Å².